The summed E-state index contributed by atoms with van der Waals surface area (Å²) in [7, 11) is 1.60. The van der Waals surface area contributed by atoms with E-state index in [0.29, 0.717) is 37.8 Å². The predicted molar refractivity (Wildman–Crippen MR) is 98.1 cm³/mol. The van der Waals surface area contributed by atoms with E-state index in [1.54, 1.807) is 36.3 Å². The summed E-state index contributed by atoms with van der Waals surface area (Å²) in [5, 5.41) is 2.85. The second-order valence-electron chi connectivity index (χ2n) is 6.68. The van der Waals surface area contributed by atoms with Crippen LogP contribution in [-0.4, -0.2) is 72.5 Å². The molecule has 0 spiro atoms. The molecule has 1 aromatic heterocycles. The average Bonchev–Trinajstić information content (AvgIpc) is 3.21. The summed E-state index contributed by atoms with van der Waals surface area (Å²) >= 11 is 0. The lowest BCUT2D eigenvalue weighted by atomic mass is 10.1. The first-order valence-corrected chi connectivity index (χ1v) is 9.16. The molecule has 4 rings (SSSR count). The summed E-state index contributed by atoms with van der Waals surface area (Å²) in [6.45, 7) is 3.18. The minimum Gasteiger partial charge on any atom is -0.497 e. The number of oxazole rings is 1. The van der Waals surface area contributed by atoms with Crippen molar-refractivity contribution in [2.45, 2.75) is 12.6 Å². The zero-order chi connectivity index (χ0) is 19.5. The topological polar surface area (TPSA) is 97.1 Å². The minimum atomic E-state index is -0.295. The van der Waals surface area contributed by atoms with Crippen LogP contribution < -0.4 is 14.8 Å². The number of rotatable bonds is 5. The van der Waals surface area contributed by atoms with E-state index in [0.717, 1.165) is 12.3 Å². The second-order valence-corrected chi connectivity index (χ2v) is 6.68. The van der Waals surface area contributed by atoms with Gasteiger partial charge in [0.25, 0.3) is 5.91 Å². The second kappa shape index (κ2) is 7.89. The molecule has 2 fully saturated rings. The highest BCUT2D eigenvalue weighted by Gasteiger charge is 2.37. The van der Waals surface area contributed by atoms with E-state index in [1.165, 1.54) is 6.26 Å². The van der Waals surface area contributed by atoms with Crippen molar-refractivity contribution in [2.75, 3.05) is 39.8 Å². The highest BCUT2D eigenvalue weighted by Crippen LogP contribution is 2.19. The zero-order valence-corrected chi connectivity index (χ0v) is 15.6. The largest absolute Gasteiger partial charge is 0.497 e. The van der Waals surface area contributed by atoms with Crippen LogP contribution in [0.25, 0.3) is 0 Å². The van der Waals surface area contributed by atoms with Crippen molar-refractivity contribution < 1.29 is 23.5 Å². The number of nitrogens with one attached hydrogen (secondary N) is 1. The molecule has 1 N–H and O–H groups in total. The molecule has 148 valence electrons. The Balaban J connectivity index is 1.35. The number of fused-ring (bicyclic) bond motifs is 1. The first kappa shape index (κ1) is 18.3. The number of piperazine rings is 2. The molecular weight excluding hydrogens is 364 g/mol. The van der Waals surface area contributed by atoms with E-state index in [1.807, 2.05) is 0 Å². The fraction of sp³-hybridized carbons (Fsp3) is 0.421. The van der Waals surface area contributed by atoms with Crippen LogP contribution in [0.4, 0.5) is 0 Å². The van der Waals surface area contributed by atoms with Crippen molar-refractivity contribution in [1.29, 1.82) is 0 Å². The van der Waals surface area contributed by atoms with Crippen LogP contribution in [0.5, 0.6) is 11.5 Å². The fourth-order valence-electron chi connectivity index (χ4n) is 3.42. The van der Waals surface area contributed by atoms with Crippen molar-refractivity contribution in [1.82, 2.24) is 20.1 Å². The quantitative estimate of drug-likeness (QED) is 0.800. The molecule has 0 radical (unpaired) electrons. The van der Waals surface area contributed by atoms with Crippen molar-refractivity contribution in [2.24, 2.45) is 0 Å². The van der Waals surface area contributed by atoms with Gasteiger partial charge in [0.2, 0.25) is 11.8 Å². The summed E-state index contributed by atoms with van der Waals surface area (Å²) in [6, 6.07) is 6.85. The van der Waals surface area contributed by atoms with Gasteiger partial charge in [-0.2, -0.15) is 0 Å². The maximum atomic E-state index is 12.7. The lowest BCUT2D eigenvalue weighted by Crippen LogP contribution is -2.64. The monoisotopic (exact) mass is 386 g/mol. The Bertz CT molecular complexity index is 850. The summed E-state index contributed by atoms with van der Waals surface area (Å²) < 4.78 is 16.1. The first-order chi connectivity index (χ1) is 13.6. The van der Waals surface area contributed by atoms with Gasteiger partial charge in [0.15, 0.2) is 12.3 Å². The van der Waals surface area contributed by atoms with Gasteiger partial charge in [-0.25, -0.2) is 4.98 Å². The van der Waals surface area contributed by atoms with Gasteiger partial charge in [0.05, 0.1) is 7.11 Å². The number of hydrogen-bond acceptors (Lipinski definition) is 7. The van der Waals surface area contributed by atoms with Crippen LogP contribution in [0.15, 0.2) is 34.9 Å². The zero-order valence-electron chi connectivity index (χ0n) is 15.6. The molecule has 9 nitrogen and oxygen atoms in total. The number of ether oxygens (including phenoxy) is 2. The first-order valence-electron chi connectivity index (χ1n) is 9.16. The summed E-state index contributed by atoms with van der Waals surface area (Å²) in [6.07, 6.45) is 1.34. The van der Waals surface area contributed by atoms with Crippen molar-refractivity contribution in [3.05, 3.63) is 42.1 Å². The number of carbonyl (C=O) groups is 2. The average molecular weight is 386 g/mol. The Morgan fingerprint density at radius 1 is 1.25 bits per heavy atom. The molecule has 2 saturated heterocycles. The SMILES string of the molecule is COc1ccc(OCc2nc(C(=O)N3CCN4CCNC(=O)[C@H]4C3)co2)cc1. The van der Waals surface area contributed by atoms with Gasteiger partial charge >= 0.3 is 0 Å². The van der Waals surface area contributed by atoms with E-state index < -0.39 is 0 Å². The van der Waals surface area contributed by atoms with Gasteiger partial charge in [-0.1, -0.05) is 0 Å². The molecule has 2 amide bonds. The van der Waals surface area contributed by atoms with Crippen LogP contribution in [0, 0.1) is 0 Å². The minimum absolute atomic E-state index is 0.0301. The summed E-state index contributed by atoms with van der Waals surface area (Å²) in [5.41, 5.74) is 0.220. The summed E-state index contributed by atoms with van der Waals surface area (Å²) in [4.78, 5) is 32.8. The Hall–Kier alpha value is -3.07. The number of amides is 2. The van der Waals surface area contributed by atoms with Gasteiger partial charge in [0, 0.05) is 32.7 Å². The summed E-state index contributed by atoms with van der Waals surface area (Å²) in [5.74, 6) is 1.43. The predicted octanol–water partition coefficient (Wildman–Crippen LogP) is 0.518. The van der Waals surface area contributed by atoms with Crippen LogP contribution in [0.3, 0.4) is 0 Å². The standard InChI is InChI=1S/C19H22N4O5/c1-26-13-2-4-14(5-3-13)27-12-17-21-15(11-28-17)19(25)23-9-8-22-7-6-20-18(24)16(22)10-23/h2-5,11,16H,6-10,12H2,1H3,(H,20,24)/t16-/m1/s1. The molecule has 2 aliphatic heterocycles. The van der Waals surface area contributed by atoms with Crippen molar-refractivity contribution >= 4 is 11.8 Å². The molecule has 0 aliphatic carbocycles. The molecule has 2 aliphatic rings. The Labute approximate surface area is 162 Å². The third kappa shape index (κ3) is 3.79. The number of nitrogens with zero attached hydrogens (tertiary/aromatic N) is 3. The maximum Gasteiger partial charge on any atom is 0.275 e. The molecular formula is C19H22N4O5. The van der Waals surface area contributed by atoms with Crippen LogP contribution in [0.1, 0.15) is 16.4 Å². The Morgan fingerprint density at radius 3 is 2.82 bits per heavy atom. The van der Waals surface area contributed by atoms with Crippen LogP contribution >= 0.6 is 0 Å². The number of carbonyl (C=O) groups excluding carboxylic acids is 2. The molecule has 2 aromatic rings. The van der Waals surface area contributed by atoms with E-state index in [9.17, 15) is 9.59 Å². The molecule has 3 heterocycles. The van der Waals surface area contributed by atoms with Gasteiger partial charge in [-0.3, -0.25) is 14.5 Å². The number of aromatic nitrogens is 1. The normalized spacial score (nSPS) is 19.7. The van der Waals surface area contributed by atoms with E-state index >= 15 is 0 Å². The van der Waals surface area contributed by atoms with E-state index in [-0.39, 0.29) is 30.2 Å². The van der Waals surface area contributed by atoms with E-state index in [2.05, 4.69) is 15.2 Å². The molecule has 0 saturated carbocycles. The Kier molecular flexibility index (Phi) is 5.16. The molecule has 0 unspecified atom stereocenters. The van der Waals surface area contributed by atoms with Crippen LogP contribution in [-0.2, 0) is 11.4 Å². The lowest BCUT2D eigenvalue weighted by Gasteiger charge is -2.42. The van der Waals surface area contributed by atoms with Gasteiger partial charge in [0.1, 0.15) is 23.8 Å². The third-order valence-electron chi connectivity index (χ3n) is 4.97. The number of methoxy groups -OCH3 is 1. The highest BCUT2D eigenvalue weighted by atomic mass is 16.5. The molecule has 1 aromatic carbocycles. The molecule has 9 heteroatoms. The molecule has 0 bridgehead atoms. The van der Waals surface area contributed by atoms with Gasteiger partial charge in [-0.15, -0.1) is 0 Å². The fourth-order valence-corrected chi connectivity index (χ4v) is 3.42. The highest BCUT2D eigenvalue weighted by molar-refractivity contribution is 5.93. The smallest absolute Gasteiger partial charge is 0.275 e. The van der Waals surface area contributed by atoms with Crippen molar-refractivity contribution in [3.63, 3.8) is 0 Å². The Morgan fingerprint density at radius 2 is 2.04 bits per heavy atom. The number of benzene rings is 1. The van der Waals surface area contributed by atoms with Crippen molar-refractivity contribution in [3.8, 4) is 11.5 Å². The van der Waals surface area contributed by atoms with Crippen LogP contribution in [0.2, 0.25) is 0 Å². The number of hydrogen-bond donors (Lipinski definition) is 1. The van der Waals surface area contributed by atoms with Gasteiger partial charge in [-0.05, 0) is 24.3 Å². The lowest BCUT2D eigenvalue weighted by molar-refractivity contribution is -0.131. The molecule has 1 atom stereocenters. The van der Waals surface area contributed by atoms with E-state index in [4.69, 9.17) is 13.9 Å². The maximum absolute atomic E-state index is 12.7. The van der Waals surface area contributed by atoms with Gasteiger partial charge < -0.3 is 24.1 Å². The molecule has 28 heavy (non-hydrogen) atoms. The third-order valence-corrected chi connectivity index (χ3v) is 4.97.